The molecule has 0 saturated carbocycles. The molecule has 0 amide bonds. The summed E-state index contributed by atoms with van der Waals surface area (Å²) in [7, 11) is 1.55. The average molecular weight is 517 g/mol. The van der Waals surface area contributed by atoms with E-state index in [4.69, 9.17) is 4.74 Å². The van der Waals surface area contributed by atoms with Crippen LogP contribution in [0, 0.1) is 20.2 Å². The topological polar surface area (TPSA) is 203 Å². The maximum atomic E-state index is 11.0. The minimum absolute atomic E-state index is 0.0124. The standard InChI is InChI=1S/C23H19N9O6/c1-38-18-11-7-16(8-12-18)26-22-27-21(25-15-5-9-17(10-6-15)31(34)35)28-23(29-22)30-24-13-14-3-2-4-19(20(14)33)32(36)37/h2-13,33H,1H3,(H3,25,26,27,28,29,30). The maximum Gasteiger partial charge on any atom is 0.311 e. The van der Waals surface area contributed by atoms with Crippen molar-refractivity contribution in [3.63, 3.8) is 0 Å². The lowest BCUT2D eigenvalue weighted by Gasteiger charge is -2.10. The summed E-state index contributed by atoms with van der Waals surface area (Å²) in [5, 5.41) is 42.0. The molecule has 15 nitrogen and oxygen atoms in total. The molecule has 4 rings (SSSR count). The van der Waals surface area contributed by atoms with Gasteiger partial charge in [0.1, 0.15) is 5.75 Å². The summed E-state index contributed by atoms with van der Waals surface area (Å²) in [6.45, 7) is 0. The Morgan fingerprint density at radius 1 is 0.842 bits per heavy atom. The first kappa shape index (κ1) is 25.2. The van der Waals surface area contributed by atoms with Gasteiger partial charge in [-0.1, -0.05) is 6.07 Å². The molecule has 192 valence electrons. The van der Waals surface area contributed by atoms with E-state index in [-0.39, 0.29) is 29.1 Å². The lowest BCUT2D eigenvalue weighted by atomic mass is 10.2. The van der Waals surface area contributed by atoms with E-state index < -0.39 is 21.3 Å². The van der Waals surface area contributed by atoms with Crippen molar-refractivity contribution >= 4 is 46.8 Å². The lowest BCUT2D eigenvalue weighted by Crippen LogP contribution is -2.07. The van der Waals surface area contributed by atoms with Crippen LogP contribution in [0.2, 0.25) is 0 Å². The van der Waals surface area contributed by atoms with Crippen molar-refractivity contribution in [3.05, 3.63) is 92.5 Å². The SMILES string of the molecule is COc1ccc(Nc2nc(NN=Cc3cccc([N+](=O)[O-])c3O)nc(Nc3ccc([N+](=O)[O-])cc3)n2)cc1. The number of anilines is 5. The Hall–Kier alpha value is -5.86. The molecule has 0 aliphatic carbocycles. The van der Waals surface area contributed by atoms with E-state index in [1.165, 1.54) is 48.7 Å². The molecule has 15 heteroatoms. The Labute approximate surface area is 214 Å². The molecule has 0 fully saturated rings. The Morgan fingerprint density at radius 3 is 1.97 bits per heavy atom. The van der Waals surface area contributed by atoms with Gasteiger partial charge in [-0.05, 0) is 42.5 Å². The van der Waals surface area contributed by atoms with Crippen molar-refractivity contribution < 1.29 is 19.7 Å². The van der Waals surface area contributed by atoms with Gasteiger partial charge < -0.3 is 20.5 Å². The molecule has 0 aliphatic rings. The number of ether oxygens (including phenoxy) is 1. The number of nitro groups is 2. The number of phenolic OH excluding ortho intramolecular Hbond substituents is 1. The minimum atomic E-state index is -0.709. The van der Waals surface area contributed by atoms with Crippen molar-refractivity contribution in [2.24, 2.45) is 5.10 Å². The van der Waals surface area contributed by atoms with E-state index >= 15 is 0 Å². The molecule has 0 saturated heterocycles. The molecule has 0 aliphatic heterocycles. The van der Waals surface area contributed by atoms with E-state index in [1.807, 2.05) is 0 Å². The number of phenols is 1. The summed E-state index contributed by atoms with van der Waals surface area (Å²) in [6, 6.07) is 16.7. The van der Waals surface area contributed by atoms with Gasteiger partial charge in [-0.25, -0.2) is 5.43 Å². The van der Waals surface area contributed by atoms with Crippen LogP contribution in [0.1, 0.15) is 5.56 Å². The molecule has 4 N–H and O–H groups in total. The molecule has 0 unspecified atom stereocenters. The Balaban J connectivity index is 1.60. The van der Waals surface area contributed by atoms with Crippen LogP contribution < -0.4 is 20.8 Å². The second-order valence-electron chi connectivity index (χ2n) is 7.43. The van der Waals surface area contributed by atoms with Crippen molar-refractivity contribution in [2.45, 2.75) is 0 Å². The van der Waals surface area contributed by atoms with Crippen LogP contribution in [0.3, 0.4) is 0 Å². The van der Waals surface area contributed by atoms with E-state index in [0.29, 0.717) is 17.1 Å². The molecule has 0 radical (unpaired) electrons. The predicted molar refractivity (Wildman–Crippen MR) is 138 cm³/mol. The number of non-ortho nitro benzene ring substituents is 1. The Kier molecular flexibility index (Phi) is 7.47. The molecule has 0 bridgehead atoms. The van der Waals surface area contributed by atoms with Crippen LogP contribution in [0.5, 0.6) is 11.5 Å². The fourth-order valence-electron chi connectivity index (χ4n) is 3.10. The number of nitrogens with one attached hydrogen (secondary N) is 3. The van der Waals surface area contributed by atoms with Gasteiger partial charge in [0.15, 0.2) is 0 Å². The van der Waals surface area contributed by atoms with Gasteiger partial charge in [-0.3, -0.25) is 20.2 Å². The first-order valence-electron chi connectivity index (χ1n) is 10.8. The number of hydrogen-bond acceptors (Lipinski definition) is 13. The van der Waals surface area contributed by atoms with Crippen molar-refractivity contribution in [1.82, 2.24) is 15.0 Å². The number of para-hydroxylation sites is 1. The predicted octanol–water partition coefficient (Wildman–Crippen LogP) is 4.34. The zero-order valence-electron chi connectivity index (χ0n) is 19.6. The fourth-order valence-corrected chi connectivity index (χ4v) is 3.10. The van der Waals surface area contributed by atoms with Gasteiger partial charge in [0, 0.05) is 35.1 Å². The zero-order chi connectivity index (χ0) is 27.1. The van der Waals surface area contributed by atoms with Crippen LogP contribution in [0.15, 0.2) is 71.8 Å². The summed E-state index contributed by atoms with van der Waals surface area (Å²) in [6.07, 6.45) is 1.17. The molecular formula is C23H19N9O6. The number of nitro benzene ring substituents is 2. The first-order chi connectivity index (χ1) is 18.3. The highest BCUT2D eigenvalue weighted by Gasteiger charge is 2.15. The summed E-state index contributed by atoms with van der Waals surface area (Å²) in [5.74, 6) is 0.321. The number of aromatic hydroxyl groups is 1. The highest BCUT2D eigenvalue weighted by molar-refractivity contribution is 5.86. The van der Waals surface area contributed by atoms with Crippen LogP contribution in [0.4, 0.5) is 40.6 Å². The van der Waals surface area contributed by atoms with Crippen molar-refractivity contribution in [2.75, 3.05) is 23.2 Å². The molecule has 1 aromatic heterocycles. The van der Waals surface area contributed by atoms with Crippen molar-refractivity contribution in [1.29, 1.82) is 0 Å². The number of methoxy groups -OCH3 is 1. The van der Waals surface area contributed by atoms with Gasteiger partial charge in [0.25, 0.3) is 5.69 Å². The van der Waals surface area contributed by atoms with E-state index in [9.17, 15) is 25.3 Å². The van der Waals surface area contributed by atoms with E-state index in [1.54, 1.807) is 31.4 Å². The smallest absolute Gasteiger partial charge is 0.311 e. The number of nitrogens with zero attached hydrogens (tertiary/aromatic N) is 6. The molecule has 0 atom stereocenters. The van der Waals surface area contributed by atoms with Gasteiger partial charge in [0.05, 0.1) is 23.2 Å². The molecule has 0 spiro atoms. The van der Waals surface area contributed by atoms with Crippen LogP contribution in [-0.2, 0) is 0 Å². The summed E-state index contributed by atoms with van der Waals surface area (Å²) >= 11 is 0. The third kappa shape index (κ3) is 6.22. The van der Waals surface area contributed by atoms with Gasteiger partial charge in [-0.15, -0.1) is 0 Å². The molecule has 38 heavy (non-hydrogen) atoms. The van der Waals surface area contributed by atoms with Gasteiger partial charge in [-0.2, -0.15) is 20.1 Å². The average Bonchev–Trinajstić information content (AvgIpc) is 2.90. The third-order valence-corrected chi connectivity index (χ3v) is 4.93. The van der Waals surface area contributed by atoms with Gasteiger partial charge >= 0.3 is 5.69 Å². The maximum absolute atomic E-state index is 11.0. The molecule has 4 aromatic rings. The monoisotopic (exact) mass is 517 g/mol. The quantitative estimate of drug-likeness (QED) is 0.132. The van der Waals surface area contributed by atoms with E-state index in [2.05, 4.69) is 36.1 Å². The lowest BCUT2D eigenvalue weighted by molar-refractivity contribution is -0.385. The summed E-state index contributed by atoms with van der Waals surface area (Å²) < 4.78 is 5.15. The van der Waals surface area contributed by atoms with Gasteiger partial charge in [0.2, 0.25) is 23.6 Å². The highest BCUT2D eigenvalue weighted by Crippen LogP contribution is 2.28. The number of benzene rings is 3. The number of hydrazone groups is 1. The summed E-state index contributed by atoms with van der Waals surface area (Å²) in [4.78, 5) is 33.5. The normalized spacial score (nSPS) is 10.7. The molecular weight excluding hydrogens is 498 g/mol. The second-order valence-corrected chi connectivity index (χ2v) is 7.43. The summed E-state index contributed by atoms with van der Waals surface area (Å²) in [5.41, 5.74) is 3.29. The van der Waals surface area contributed by atoms with Crippen LogP contribution in [0.25, 0.3) is 0 Å². The van der Waals surface area contributed by atoms with E-state index in [0.717, 1.165) is 0 Å². The molecule has 3 aromatic carbocycles. The second kappa shape index (κ2) is 11.3. The van der Waals surface area contributed by atoms with Crippen LogP contribution >= 0.6 is 0 Å². The first-order valence-corrected chi connectivity index (χ1v) is 10.8. The minimum Gasteiger partial charge on any atom is -0.502 e. The highest BCUT2D eigenvalue weighted by atomic mass is 16.6. The fraction of sp³-hybridized carbons (Fsp3) is 0.0435. The largest absolute Gasteiger partial charge is 0.502 e. The number of rotatable bonds is 10. The number of hydrogen-bond donors (Lipinski definition) is 4. The zero-order valence-corrected chi connectivity index (χ0v) is 19.6. The van der Waals surface area contributed by atoms with Crippen molar-refractivity contribution in [3.8, 4) is 11.5 Å². The molecule has 1 heterocycles. The number of aromatic nitrogens is 3. The Bertz CT molecular complexity index is 1490. The van der Waals surface area contributed by atoms with Crippen LogP contribution in [-0.4, -0.2) is 43.2 Å². The third-order valence-electron chi connectivity index (χ3n) is 4.93. The Morgan fingerprint density at radius 2 is 1.42 bits per heavy atom.